The molecule has 1 N–H and O–H groups in total. The zero-order valence-electron chi connectivity index (χ0n) is 26.9. The Kier molecular flexibility index (Phi) is 8.45. The summed E-state index contributed by atoms with van der Waals surface area (Å²) in [5.74, 6) is -0.813. The Balaban J connectivity index is 1.39. The molecule has 46 heavy (non-hydrogen) atoms. The fraction of sp³-hybridized carbons (Fsp3) is 0.359. The summed E-state index contributed by atoms with van der Waals surface area (Å²) in [6.07, 6.45) is 3.15. The van der Waals surface area contributed by atoms with Crippen molar-refractivity contribution >= 4 is 29.1 Å². The second kappa shape index (κ2) is 12.2. The number of Topliss-reactive ketones (excluding diaryl/α,β-unsaturated/α-hetero) is 2. The van der Waals surface area contributed by atoms with Gasteiger partial charge in [0.15, 0.2) is 11.6 Å². The van der Waals surface area contributed by atoms with Crippen LogP contribution in [0.2, 0.25) is 5.02 Å². The third kappa shape index (κ3) is 6.41. The van der Waals surface area contributed by atoms with Gasteiger partial charge < -0.3 is 14.7 Å². The number of allylic oxidation sites excluding steroid dienone is 4. The molecule has 1 aliphatic heterocycles. The van der Waals surface area contributed by atoms with Crippen LogP contribution in [-0.2, 0) is 22.6 Å². The molecule has 0 fully saturated rings. The summed E-state index contributed by atoms with van der Waals surface area (Å²) < 4.78 is 6.02. The monoisotopic (exact) mass is 637 g/mol. The lowest BCUT2D eigenvalue weighted by atomic mass is 9.63. The number of carboxylic acid groups (broad SMARTS) is 1. The Morgan fingerprint density at radius 2 is 1.41 bits per heavy atom. The molecule has 1 heterocycles. The normalized spacial score (nSPS) is 19.2. The summed E-state index contributed by atoms with van der Waals surface area (Å²) in [6, 6.07) is 22.4. The van der Waals surface area contributed by atoms with Crippen molar-refractivity contribution in [3.63, 3.8) is 0 Å². The molecule has 7 heteroatoms. The first-order valence-corrected chi connectivity index (χ1v) is 16.3. The molecule has 6 nitrogen and oxygen atoms in total. The topological polar surface area (TPSA) is 83.9 Å². The first-order chi connectivity index (χ1) is 21.8. The third-order valence-corrected chi connectivity index (χ3v) is 9.67. The van der Waals surface area contributed by atoms with Gasteiger partial charge in [-0.2, -0.15) is 0 Å². The van der Waals surface area contributed by atoms with Crippen LogP contribution >= 0.6 is 11.6 Å². The Hall–Kier alpha value is -4.16. The summed E-state index contributed by atoms with van der Waals surface area (Å²) in [4.78, 5) is 41.7. The Morgan fingerprint density at radius 3 is 1.96 bits per heavy atom. The van der Waals surface area contributed by atoms with Gasteiger partial charge in [-0.15, -0.1) is 0 Å². The Morgan fingerprint density at radius 1 is 0.826 bits per heavy atom. The number of carbonyl (C=O) groups excluding carboxylic acids is 2. The number of nitrogens with zero attached hydrogens (tertiary/aromatic N) is 1. The van der Waals surface area contributed by atoms with E-state index in [1.807, 2.05) is 30.3 Å². The summed E-state index contributed by atoms with van der Waals surface area (Å²) in [5, 5.41) is 9.56. The number of carboxylic acids is 1. The average Bonchev–Trinajstić information content (AvgIpc) is 2.98. The summed E-state index contributed by atoms with van der Waals surface area (Å²) >= 11 is 6.83. The van der Waals surface area contributed by atoms with E-state index in [0.717, 1.165) is 52.9 Å². The van der Waals surface area contributed by atoms with Crippen LogP contribution < -0.4 is 4.74 Å². The van der Waals surface area contributed by atoms with E-state index in [0.29, 0.717) is 30.2 Å². The van der Waals surface area contributed by atoms with Crippen molar-refractivity contribution in [1.29, 1.82) is 0 Å². The van der Waals surface area contributed by atoms with E-state index in [1.165, 1.54) is 5.56 Å². The SMILES string of the molecule is CC1(C)CC(=O)C2=C(C1)N(CCc1ccccc1)C1=C(C(=O)CC(C)(C)C1)C2c1ccc(OCc2ccc(C(=O)O)cc2)c(Cl)c1. The second-order valence-electron chi connectivity index (χ2n) is 14.4. The van der Waals surface area contributed by atoms with Gasteiger partial charge in [-0.05, 0) is 71.0 Å². The van der Waals surface area contributed by atoms with Gasteiger partial charge in [0, 0.05) is 47.8 Å². The van der Waals surface area contributed by atoms with Crippen LogP contribution in [0.25, 0.3) is 0 Å². The van der Waals surface area contributed by atoms with E-state index in [1.54, 1.807) is 30.3 Å². The Labute approximate surface area is 275 Å². The van der Waals surface area contributed by atoms with Crippen molar-refractivity contribution in [2.24, 2.45) is 10.8 Å². The quantitative estimate of drug-likeness (QED) is 0.266. The number of hydrogen-bond donors (Lipinski definition) is 1. The van der Waals surface area contributed by atoms with E-state index in [4.69, 9.17) is 16.3 Å². The fourth-order valence-corrected chi connectivity index (χ4v) is 7.50. The highest BCUT2D eigenvalue weighted by Gasteiger charge is 2.49. The van der Waals surface area contributed by atoms with E-state index >= 15 is 0 Å². The highest BCUT2D eigenvalue weighted by molar-refractivity contribution is 6.32. The third-order valence-electron chi connectivity index (χ3n) is 9.37. The molecule has 0 spiro atoms. The molecule has 3 aliphatic rings. The molecule has 2 aliphatic carbocycles. The van der Waals surface area contributed by atoms with Crippen LogP contribution in [0, 0.1) is 10.8 Å². The molecule has 0 unspecified atom stereocenters. The van der Waals surface area contributed by atoms with Crippen LogP contribution in [0.15, 0.2) is 95.3 Å². The highest BCUT2D eigenvalue weighted by Crippen LogP contribution is 2.54. The number of halogens is 1. The lowest BCUT2D eigenvalue weighted by Gasteiger charge is -2.49. The van der Waals surface area contributed by atoms with E-state index < -0.39 is 11.9 Å². The molecule has 3 aromatic rings. The lowest BCUT2D eigenvalue weighted by Crippen LogP contribution is -2.45. The lowest BCUT2D eigenvalue weighted by molar-refractivity contribution is -0.119. The van der Waals surface area contributed by atoms with E-state index in [9.17, 15) is 19.5 Å². The van der Waals surface area contributed by atoms with Crippen molar-refractivity contribution in [3.8, 4) is 5.75 Å². The minimum Gasteiger partial charge on any atom is -0.487 e. The van der Waals surface area contributed by atoms with Gasteiger partial charge >= 0.3 is 5.97 Å². The van der Waals surface area contributed by atoms with Crippen molar-refractivity contribution < 1.29 is 24.2 Å². The minimum atomic E-state index is -0.982. The minimum absolute atomic E-state index is 0.0893. The van der Waals surface area contributed by atoms with Crippen LogP contribution in [0.5, 0.6) is 5.75 Å². The molecule has 238 valence electrons. The molecule has 3 aromatic carbocycles. The van der Waals surface area contributed by atoms with Gasteiger partial charge in [0.25, 0.3) is 0 Å². The van der Waals surface area contributed by atoms with Gasteiger partial charge in [0.1, 0.15) is 12.4 Å². The number of ether oxygens (including phenoxy) is 1. The maximum absolute atomic E-state index is 14.1. The number of hydrogen-bond acceptors (Lipinski definition) is 5. The first kappa shape index (κ1) is 31.8. The van der Waals surface area contributed by atoms with Crippen molar-refractivity contribution in [3.05, 3.63) is 123 Å². The molecule has 0 amide bonds. The van der Waals surface area contributed by atoms with Crippen LogP contribution in [0.1, 0.15) is 86.3 Å². The van der Waals surface area contributed by atoms with E-state index in [-0.39, 0.29) is 34.6 Å². The zero-order chi connectivity index (χ0) is 32.8. The highest BCUT2D eigenvalue weighted by atomic mass is 35.5. The number of rotatable bonds is 8. The van der Waals surface area contributed by atoms with Crippen molar-refractivity contribution in [2.45, 2.75) is 72.3 Å². The van der Waals surface area contributed by atoms with Crippen molar-refractivity contribution in [2.75, 3.05) is 6.54 Å². The van der Waals surface area contributed by atoms with Gasteiger partial charge in [0.05, 0.1) is 10.6 Å². The second-order valence-corrected chi connectivity index (χ2v) is 14.8. The number of ketones is 2. The Bertz CT molecular complexity index is 1710. The summed E-state index contributed by atoms with van der Waals surface area (Å²) in [5.41, 5.74) is 6.17. The molecule has 0 aromatic heterocycles. The first-order valence-electron chi connectivity index (χ1n) is 15.9. The van der Waals surface area contributed by atoms with Crippen molar-refractivity contribution in [1.82, 2.24) is 4.90 Å². The van der Waals surface area contributed by atoms with Gasteiger partial charge in [-0.25, -0.2) is 4.79 Å². The van der Waals surface area contributed by atoms with Gasteiger partial charge in [-0.1, -0.05) is 87.8 Å². The smallest absolute Gasteiger partial charge is 0.335 e. The maximum Gasteiger partial charge on any atom is 0.335 e. The van der Waals surface area contributed by atoms with Gasteiger partial charge in [-0.3, -0.25) is 9.59 Å². The molecular formula is C39H40ClNO5. The number of aromatic carboxylic acids is 1. The summed E-state index contributed by atoms with van der Waals surface area (Å²) in [6.45, 7) is 9.51. The standard InChI is InChI=1S/C39H40ClNO5/c1-38(2)19-29-35(31(42)21-38)34(27-14-15-33(28(40)18-27)46-23-25-10-12-26(13-11-25)37(44)45)36-30(20-39(3,4)22-32(36)43)41(29)17-16-24-8-6-5-7-9-24/h5-15,18,34H,16-17,19-23H2,1-4H3,(H,44,45). The zero-order valence-corrected chi connectivity index (χ0v) is 27.6. The molecule has 0 bridgehead atoms. The predicted molar refractivity (Wildman–Crippen MR) is 179 cm³/mol. The van der Waals surface area contributed by atoms with Gasteiger partial charge in [0.2, 0.25) is 0 Å². The largest absolute Gasteiger partial charge is 0.487 e. The summed E-state index contributed by atoms with van der Waals surface area (Å²) in [7, 11) is 0. The molecule has 6 rings (SSSR count). The van der Waals surface area contributed by atoms with Crippen LogP contribution in [0.4, 0.5) is 0 Å². The molecule has 0 atom stereocenters. The molecular weight excluding hydrogens is 598 g/mol. The average molecular weight is 638 g/mol. The van der Waals surface area contributed by atoms with Crippen LogP contribution in [-0.4, -0.2) is 34.1 Å². The number of carbonyl (C=O) groups is 3. The molecule has 0 radical (unpaired) electrons. The predicted octanol–water partition coefficient (Wildman–Crippen LogP) is 8.55. The molecule has 0 saturated carbocycles. The van der Waals surface area contributed by atoms with Crippen LogP contribution in [0.3, 0.4) is 0 Å². The maximum atomic E-state index is 14.1. The van der Waals surface area contributed by atoms with E-state index in [2.05, 4.69) is 44.7 Å². The molecule has 0 saturated heterocycles. The number of benzene rings is 3. The fourth-order valence-electron chi connectivity index (χ4n) is 7.25.